The van der Waals surface area contributed by atoms with Gasteiger partial charge in [0, 0.05) is 11.3 Å². The minimum atomic E-state index is -1.15. The standard InChI is InChI=1S/C20H30N2O8/c1-5-27-16(23)15(17(24)28-6-2)13-9-10-14(20(13)11-12-20)22(19(26)30-8-4)21-18(25)29-7-3/h9-10,13-15H,5-8,11-12H2,1-4H3,(H,21,25)/t13-,14-/m1/s1. The number of carbonyl (C=O) groups is 4. The minimum Gasteiger partial charge on any atom is -0.465 e. The number of hydrogen-bond acceptors (Lipinski definition) is 8. The van der Waals surface area contributed by atoms with Crippen LogP contribution in [0.25, 0.3) is 0 Å². The van der Waals surface area contributed by atoms with Crippen molar-refractivity contribution in [2.45, 2.75) is 46.6 Å². The zero-order chi connectivity index (χ0) is 22.3. The van der Waals surface area contributed by atoms with Gasteiger partial charge < -0.3 is 18.9 Å². The average molecular weight is 426 g/mol. The maximum Gasteiger partial charge on any atom is 0.429 e. The number of esters is 2. The van der Waals surface area contributed by atoms with Crippen LogP contribution in [-0.4, -0.2) is 61.6 Å². The van der Waals surface area contributed by atoms with Gasteiger partial charge in [0.25, 0.3) is 0 Å². The van der Waals surface area contributed by atoms with E-state index in [2.05, 4.69) is 5.43 Å². The lowest BCUT2D eigenvalue weighted by atomic mass is 9.79. The van der Waals surface area contributed by atoms with E-state index in [1.165, 1.54) is 0 Å². The third-order valence-electron chi connectivity index (χ3n) is 5.25. The normalized spacial score (nSPS) is 20.6. The van der Waals surface area contributed by atoms with Crippen LogP contribution in [0.3, 0.4) is 0 Å². The topological polar surface area (TPSA) is 120 Å². The first-order valence-corrected chi connectivity index (χ1v) is 10.3. The molecule has 1 saturated carbocycles. The summed E-state index contributed by atoms with van der Waals surface area (Å²) in [5.41, 5.74) is 1.81. The predicted octanol–water partition coefficient (Wildman–Crippen LogP) is 2.18. The molecule has 30 heavy (non-hydrogen) atoms. The summed E-state index contributed by atoms with van der Waals surface area (Å²) in [6.45, 7) is 7.11. The van der Waals surface area contributed by atoms with Crippen LogP contribution in [0.2, 0.25) is 0 Å². The minimum absolute atomic E-state index is 0.112. The number of nitrogens with one attached hydrogen (secondary N) is 1. The zero-order valence-corrected chi connectivity index (χ0v) is 17.8. The Balaban J connectivity index is 2.31. The van der Waals surface area contributed by atoms with Crippen LogP contribution < -0.4 is 5.43 Å². The molecule has 0 aliphatic heterocycles. The molecule has 0 aromatic rings. The molecule has 2 aliphatic rings. The van der Waals surface area contributed by atoms with E-state index in [9.17, 15) is 19.2 Å². The van der Waals surface area contributed by atoms with Crippen molar-refractivity contribution in [3.05, 3.63) is 12.2 Å². The average Bonchev–Trinajstić information content (AvgIpc) is 3.40. The summed E-state index contributed by atoms with van der Waals surface area (Å²) < 4.78 is 20.2. The first-order chi connectivity index (χ1) is 14.4. The number of rotatable bonds is 8. The molecule has 2 atom stereocenters. The highest BCUT2D eigenvalue weighted by Crippen LogP contribution is 2.62. The lowest BCUT2D eigenvalue weighted by Gasteiger charge is -2.35. The van der Waals surface area contributed by atoms with Gasteiger partial charge in [0.05, 0.1) is 32.5 Å². The van der Waals surface area contributed by atoms with Crippen molar-refractivity contribution in [1.82, 2.24) is 10.4 Å². The van der Waals surface area contributed by atoms with Crippen molar-refractivity contribution < 1.29 is 38.1 Å². The molecule has 0 aromatic heterocycles. The van der Waals surface area contributed by atoms with E-state index in [-0.39, 0.29) is 26.4 Å². The van der Waals surface area contributed by atoms with Gasteiger partial charge in [-0.1, -0.05) is 12.2 Å². The molecular weight excluding hydrogens is 396 g/mol. The molecule has 0 unspecified atom stereocenters. The SMILES string of the molecule is CCOC(=O)NN(C(=O)OCC)[C@@H]1C=C[C@H](C(C(=O)OCC)C(=O)OCC)C12CC2. The molecule has 0 bridgehead atoms. The van der Waals surface area contributed by atoms with Gasteiger partial charge in [0.1, 0.15) is 0 Å². The van der Waals surface area contributed by atoms with Crippen molar-refractivity contribution in [2.24, 2.45) is 17.3 Å². The smallest absolute Gasteiger partial charge is 0.429 e. The summed E-state index contributed by atoms with van der Waals surface area (Å²) in [5.74, 6) is -3.03. The molecule has 1 fully saturated rings. The zero-order valence-electron chi connectivity index (χ0n) is 17.8. The quantitative estimate of drug-likeness (QED) is 0.206. The van der Waals surface area contributed by atoms with Crippen LogP contribution in [0.5, 0.6) is 0 Å². The van der Waals surface area contributed by atoms with E-state index in [1.807, 2.05) is 0 Å². The Hall–Kier alpha value is -2.78. The van der Waals surface area contributed by atoms with Gasteiger partial charge in [-0.2, -0.15) is 0 Å². The summed E-state index contributed by atoms with van der Waals surface area (Å²) in [4.78, 5) is 49.7. The monoisotopic (exact) mass is 426 g/mol. The Morgan fingerprint density at radius 1 is 0.900 bits per heavy atom. The second-order valence-electron chi connectivity index (χ2n) is 6.97. The van der Waals surface area contributed by atoms with Crippen molar-refractivity contribution >= 4 is 24.1 Å². The third kappa shape index (κ3) is 4.85. The molecule has 1 spiro atoms. The van der Waals surface area contributed by atoms with Crippen molar-refractivity contribution in [2.75, 3.05) is 26.4 Å². The fraction of sp³-hybridized carbons (Fsp3) is 0.700. The lowest BCUT2D eigenvalue weighted by Crippen LogP contribution is -2.55. The maximum absolute atomic E-state index is 12.6. The van der Waals surface area contributed by atoms with Crippen LogP contribution in [-0.2, 0) is 28.5 Å². The van der Waals surface area contributed by atoms with Gasteiger partial charge in [-0.3, -0.25) is 9.59 Å². The van der Waals surface area contributed by atoms with E-state index < -0.39 is 47.4 Å². The summed E-state index contributed by atoms with van der Waals surface area (Å²) >= 11 is 0. The molecule has 0 aromatic carbocycles. The number of ether oxygens (including phenoxy) is 4. The Bertz CT molecular complexity index is 670. The molecule has 10 nitrogen and oxygen atoms in total. The molecule has 10 heteroatoms. The summed E-state index contributed by atoms with van der Waals surface area (Å²) in [6.07, 6.45) is 3.15. The van der Waals surface area contributed by atoms with Crippen LogP contribution in [0, 0.1) is 17.3 Å². The van der Waals surface area contributed by atoms with Crippen molar-refractivity contribution in [1.29, 1.82) is 0 Å². The van der Waals surface area contributed by atoms with E-state index in [4.69, 9.17) is 18.9 Å². The highest BCUT2D eigenvalue weighted by molar-refractivity contribution is 5.96. The van der Waals surface area contributed by atoms with E-state index >= 15 is 0 Å². The van der Waals surface area contributed by atoms with E-state index in [0.717, 1.165) is 5.01 Å². The lowest BCUT2D eigenvalue weighted by molar-refractivity contribution is -0.165. The summed E-state index contributed by atoms with van der Waals surface area (Å²) in [5, 5.41) is 1.07. The first-order valence-electron chi connectivity index (χ1n) is 10.3. The molecule has 0 radical (unpaired) electrons. The van der Waals surface area contributed by atoms with Crippen molar-refractivity contribution in [3.63, 3.8) is 0 Å². The molecule has 0 heterocycles. The number of hydrogen-bond donors (Lipinski definition) is 1. The molecule has 2 aliphatic carbocycles. The van der Waals surface area contributed by atoms with Gasteiger partial charge in [-0.05, 0) is 40.5 Å². The van der Waals surface area contributed by atoms with Crippen LogP contribution in [0.15, 0.2) is 12.2 Å². The molecule has 2 amide bonds. The largest absolute Gasteiger partial charge is 0.465 e. The number of nitrogens with zero attached hydrogens (tertiary/aromatic N) is 1. The number of hydrazine groups is 1. The van der Waals surface area contributed by atoms with Gasteiger partial charge in [-0.25, -0.2) is 20.0 Å². The number of allylic oxidation sites excluding steroid dienone is 1. The Morgan fingerprint density at radius 2 is 1.43 bits per heavy atom. The highest BCUT2D eigenvalue weighted by Gasteiger charge is 2.63. The molecular formula is C20H30N2O8. The third-order valence-corrected chi connectivity index (χ3v) is 5.25. The van der Waals surface area contributed by atoms with E-state index in [0.29, 0.717) is 12.8 Å². The second-order valence-corrected chi connectivity index (χ2v) is 6.97. The van der Waals surface area contributed by atoms with Gasteiger partial charge in [0.2, 0.25) is 0 Å². The summed E-state index contributed by atoms with van der Waals surface area (Å²) in [7, 11) is 0. The maximum atomic E-state index is 12.6. The van der Waals surface area contributed by atoms with Gasteiger partial charge in [0.15, 0.2) is 5.92 Å². The Labute approximate surface area is 175 Å². The fourth-order valence-electron chi connectivity index (χ4n) is 3.90. The Kier molecular flexibility index (Phi) is 8.08. The van der Waals surface area contributed by atoms with Crippen LogP contribution in [0.1, 0.15) is 40.5 Å². The van der Waals surface area contributed by atoms with Crippen molar-refractivity contribution in [3.8, 4) is 0 Å². The molecule has 1 N–H and O–H groups in total. The summed E-state index contributed by atoms with van der Waals surface area (Å²) in [6, 6.07) is -0.614. The Morgan fingerprint density at radius 3 is 1.90 bits per heavy atom. The second kappa shape index (κ2) is 10.3. The first kappa shape index (κ1) is 23.5. The molecule has 2 rings (SSSR count). The van der Waals surface area contributed by atoms with Crippen LogP contribution in [0.4, 0.5) is 9.59 Å². The van der Waals surface area contributed by atoms with E-state index in [1.54, 1.807) is 39.8 Å². The highest BCUT2D eigenvalue weighted by atomic mass is 16.6. The number of amides is 2. The predicted molar refractivity (Wildman–Crippen MR) is 104 cm³/mol. The molecule has 0 saturated heterocycles. The molecule has 168 valence electrons. The van der Waals surface area contributed by atoms with Gasteiger partial charge in [-0.15, -0.1) is 0 Å². The van der Waals surface area contributed by atoms with Crippen LogP contribution >= 0.6 is 0 Å². The van der Waals surface area contributed by atoms with Gasteiger partial charge >= 0.3 is 24.1 Å². The number of carbonyl (C=O) groups excluding carboxylic acids is 4. The fourth-order valence-corrected chi connectivity index (χ4v) is 3.90.